The number of ether oxygens (including phenoxy) is 3. The smallest absolute Gasteiger partial charge is 0.149 e. The largest absolute Gasteiger partial charge is 0.501 e. The molecule has 0 bridgehead atoms. The van der Waals surface area contributed by atoms with Crippen molar-refractivity contribution in [2.24, 2.45) is 0 Å². The third-order valence-electron chi connectivity index (χ3n) is 4.71. The molecule has 40 heavy (non-hydrogen) atoms. The molecule has 0 unspecified atom stereocenters. The number of aromatic nitrogens is 1. The van der Waals surface area contributed by atoms with E-state index >= 15 is 0 Å². The number of hydrogen-bond acceptors (Lipinski definition) is 6. The minimum Gasteiger partial charge on any atom is -0.501 e. The van der Waals surface area contributed by atoms with Crippen LogP contribution in [0.4, 0.5) is 0 Å². The fraction of sp³-hybridized carbons (Fsp3) is 0.353. The van der Waals surface area contributed by atoms with Crippen LogP contribution >= 0.6 is 0 Å². The van der Waals surface area contributed by atoms with Gasteiger partial charge in [-0.25, -0.2) is 0 Å². The first kappa shape index (κ1) is 40.9. The Kier molecular flexibility index (Phi) is 32.4. The number of allylic oxidation sites excluding steroid dienone is 9. The average molecular weight is 554 g/mol. The first-order chi connectivity index (χ1) is 19.4. The van der Waals surface area contributed by atoms with Crippen molar-refractivity contribution in [3.8, 4) is 0 Å². The third-order valence-corrected chi connectivity index (χ3v) is 4.71. The van der Waals surface area contributed by atoms with Crippen molar-refractivity contribution < 1.29 is 24.1 Å². The summed E-state index contributed by atoms with van der Waals surface area (Å²) in [7, 11) is 4.37. The monoisotopic (exact) mass is 553 g/mol. The molecule has 0 radical (unpaired) electrons. The van der Waals surface area contributed by atoms with E-state index in [4.69, 9.17) is 19.3 Å². The van der Waals surface area contributed by atoms with E-state index in [1.165, 1.54) is 5.39 Å². The van der Waals surface area contributed by atoms with Gasteiger partial charge in [-0.05, 0) is 50.5 Å². The number of benzene rings is 1. The minimum absolute atomic E-state index is 0.509. The van der Waals surface area contributed by atoms with E-state index in [9.17, 15) is 4.79 Å². The summed E-state index contributed by atoms with van der Waals surface area (Å²) in [5, 5.41) is 8.17. The molecule has 1 aromatic heterocycles. The average Bonchev–Trinajstić information content (AvgIpc) is 3.01. The second-order valence-electron chi connectivity index (χ2n) is 7.58. The van der Waals surface area contributed by atoms with Gasteiger partial charge in [0.25, 0.3) is 0 Å². The van der Waals surface area contributed by atoms with Crippen LogP contribution in [0.25, 0.3) is 10.9 Å². The Labute approximate surface area is 243 Å². The number of carbonyl (C=O) groups excluding carboxylic acids is 1. The van der Waals surface area contributed by atoms with Gasteiger partial charge in [-0.3, -0.25) is 9.78 Å². The number of methoxy groups -OCH3 is 2. The molecule has 0 amide bonds. The Morgan fingerprint density at radius 3 is 2.15 bits per heavy atom. The molecule has 1 aromatic carbocycles. The fourth-order valence-electron chi connectivity index (χ4n) is 2.53. The van der Waals surface area contributed by atoms with Gasteiger partial charge in [-0.15, -0.1) is 0 Å². The number of pyridine rings is 1. The first-order valence-corrected chi connectivity index (χ1v) is 13.2. The lowest BCUT2D eigenvalue weighted by Gasteiger charge is -2.05. The zero-order valence-electron chi connectivity index (χ0n) is 25.7. The molecule has 2 aromatic rings. The maximum absolute atomic E-state index is 10.0. The second kappa shape index (κ2) is 31.6. The van der Waals surface area contributed by atoms with Gasteiger partial charge in [-0.1, -0.05) is 88.2 Å². The Bertz CT molecular complexity index is 1020. The van der Waals surface area contributed by atoms with Gasteiger partial charge in [0, 0.05) is 38.4 Å². The van der Waals surface area contributed by atoms with E-state index in [1.807, 2.05) is 70.2 Å². The van der Waals surface area contributed by atoms with Crippen LogP contribution in [0.2, 0.25) is 0 Å². The van der Waals surface area contributed by atoms with Gasteiger partial charge in [-0.2, -0.15) is 0 Å². The molecule has 0 aliphatic carbocycles. The predicted molar refractivity (Wildman–Crippen MR) is 171 cm³/mol. The Balaban J connectivity index is -0.000000530. The minimum atomic E-state index is 0.509. The van der Waals surface area contributed by atoms with Crippen LogP contribution in [-0.4, -0.2) is 50.9 Å². The van der Waals surface area contributed by atoms with E-state index in [-0.39, 0.29) is 0 Å². The summed E-state index contributed by atoms with van der Waals surface area (Å²) in [6, 6.07) is 12.2. The van der Waals surface area contributed by atoms with Crippen LogP contribution in [0.3, 0.4) is 0 Å². The molecular formula is C34H51NO5. The summed E-state index contributed by atoms with van der Waals surface area (Å²) in [4.78, 5) is 14.6. The number of aliphatic hydroxyl groups is 1. The topological polar surface area (TPSA) is 77.9 Å². The number of aldehydes is 1. The molecule has 0 aliphatic rings. The molecule has 1 N–H and O–H groups in total. The number of nitrogens with zero attached hydrogens (tertiary/aromatic N) is 1. The standard InChI is InChI=1S/C15H19NO2.C8H10O.C8H12O.C2H6.CH4O/c1-17-10-4-5-11-18-12-14-9-8-13-6-2-3-7-15(13)16-14;1-4-5-7(2)8(3)6-9;1-4-5-6-7-8(2)9-3;2*1-2/h2-3,6-9H,4-5,10-12H2,1H3;4-6H,1,3H2,2H3;4-7H,1H2,2-3H3;1-2H3;2H,1H3/b;7-5-;6-5-,8-7+;;. The number of aliphatic hydroxyl groups excluding tert-OH is 1. The molecule has 0 spiro atoms. The van der Waals surface area contributed by atoms with E-state index in [2.05, 4.69) is 36.9 Å². The summed E-state index contributed by atoms with van der Waals surface area (Å²) in [6.07, 6.45) is 13.5. The van der Waals surface area contributed by atoms with Gasteiger partial charge in [0.15, 0.2) is 0 Å². The summed E-state index contributed by atoms with van der Waals surface area (Å²) in [5.74, 6) is 0.896. The zero-order chi connectivity index (χ0) is 31.0. The van der Waals surface area contributed by atoms with Gasteiger partial charge in [0.2, 0.25) is 0 Å². The highest BCUT2D eigenvalue weighted by molar-refractivity contribution is 5.79. The Hall–Kier alpha value is -3.58. The van der Waals surface area contributed by atoms with E-state index in [0.29, 0.717) is 12.2 Å². The van der Waals surface area contributed by atoms with E-state index in [0.717, 1.165) is 62.0 Å². The predicted octanol–water partition coefficient (Wildman–Crippen LogP) is 7.97. The van der Waals surface area contributed by atoms with E-state index < -0.39 is 0 Å². The van der Waals surface area contributed by atoms with Crippen LogP contribution in [0.5, 0.6) is 0 Å². The molecule has 0 aliphatic heterocycles. The number of unbranched alkanes of at least 4 members (excludes halogenated alkanes) is 1. The van der Waals surface area contributed by atoms with Gasteiger partial charge in [0.1, 0.15) is 6.29 Å². The first-order valence-electron chi connectivity index (χ1n) is 13.2. The molecule has 0 atom stereocenters. The molecule has 2 rings (SSSR count). The number of fused-ring (bicyclic) bond motifs is 1. The number of rotatable bonds is 13. The fourth-order valence-corrected chi connectivity index (χ4v) is 2.53. The zero-order valence-corrected chi connectivity index (χ0v) is 25.7. The third kappa shape index (κ3) is 23.5. The van der Waals surface area contributed by atoms with Gasteiger partial charge < -0.3 is 19.3 Å². The SMILES string of the molecule is C=C/C=C(/C)C(=C)C=O.C=C/C=C\C=C(/C)OC.CC.CO.COCCCCOCc1ccc2ccccc2n1. The summed E-state index contributed by atoms with van der Waals surface area (Å²) in [6.45, 7) is 20.4. The van der Waals surface area contributed by atoms with Crippen molar-refractivity contribution in [1.82, 2.24) is 4.98 Å². The molecule has 222 valence electrons. The normalized spacial score (nSPS) is 10.3. The molecule has 0 saturated carbocycles. The summed E-state index contributed by atoms with van der Waals surface area (Å²) in [5.41, 5.74) is 3.38. The van der Waals surface area contributed by atoms with Gasteiger partial charge in [0.05, 0.1) is 30.7 Å². The highest BCUT2D eigenvalue weighted by atomic mass is 16.5. The second-order valence-corrected chi connectivity index (χ2v) is 7.58. The maximum atomic E-state index is 10.0. The van der Waals surface area contributed by atoms with Crippen LogP contribution < -0.4 is 0 Å². The number of hydrogen-bond donors (Lipinski definition) is 1. The van der Waals surface area contributed by atoms with Crippen molar-refractivity contribution >= 4 is 17.2 Å². The van der Waals surface area contributed by atoms with Crippen molar-refractivity contribution in [3.05, 3.63) is 115 Å². The molecule has 6 nitrogen and oxygen atoms in total. The van der Waals surface area contributed by atoms with Crippen LogP contribution in [0.15, 0.2) is 109 Å². The number of carbonyl (C=O) groups is 1. The Morgan fingerprint density at radius 2 is 1.57 bits per heavy atom. The molecule has 6 heteroatoms. The van der Waals surface area contributed by atoms with Crippen LogP contribution in [0.1, 0.15) is 46.2 Å². The van der Waals surface area contributed by atoms with Crippen molar-refractivity contribution in [2.75, 3.05) is 34.5 Å². The van der Waals surface area contributed by atoms with Crippen molar-refractivity contribution in [1.29, 1.82) is 0 Å². The van der Waals surface area contributed by atoms with E-state index in [1.54, 1.807) is 32.4 Å². The quantitative estimate of drug-likeness (QED) is 0.0891. The molecule has 0 fully saturated rings. The van der Waals surface area contributed by atoms with Crippen molar-refractivity contribution in [2.45, 2.75) is 47.1 Å². The highest BCUT2D eigenvalue weighted by Gasteiger charge is 1.98. The van der Waals surface area contributed by atoms with Crippen LogP contribution in [0, 0.1) is 0 Å². The van der Waals surface area contributed by atoms with Crippen LogP contribution in [-0.2, 0) is 25.6 Å². The lowest BCUT2D eigenvalue weighted by atomic mass is 10.1. The lowest BCUT2D eigenvalue weighted by Crippen LogP contribution is -1.99. The summed E-state index contributed by atoms with van der Waals surface area (Å²) < 4.78 is 15.5. The highest BCUT2D eigenvalue weighted by Crippen LogP contribution is 2.12. The van der Waals surface area contributed by atoms with Gasteiger partial charge >= 0.3 is 0 Å². The van der Waals surface area contributed by atoms with Crippen molar-refractivity contribution in [3.63, 3.8) is 0 Å². The Morgan fingerprint density at radius 1 is 0.925 bits per heavy atom. The lowest BCUT2D eigenvalue weighted by molar-refractivity contribution is -0.104. The summed E-state index contributed by atoms with van der Waals surface area (Å²) >= 11 is 0. The molecule has 1 heterocycles. The molecular weight excluding hydrogens is 502 g/mol. The number of para-hydroxylation sites is 1. The molecule has 0 saturated heterocycles. The maximum Gasteiger partial charge on any atom is 0.149 e.